The van der Waals surface area contributed by atoms with E-state index in [9.17, 15) is 4.79 Å². The van der Waals surface area contributed by atoms with Gasteiger partial charge >= 0.3 is 0 Å². The highest BCUT2D eigenvalue weighted by Crippen LogP contribution is 2.35. The summed E-state index contributed by atoms with van der Waals surface area (Å²) in [5, 5.41) is 3.51. The molecule has 0 fully saturated rings. The Morgan fingerprint density at radius 1 is 1.24 bits per heavy atom. The van der Waals surface area contributed by atoms with E-state index in [1.807, 2.05) is 65.6 Å². The second-order valence-corrected chi connectivity index (χ2v) is 8.77. The van der Waals surface area contributed by atoms with Crippen molar-refractivity contribution in [3.8, 4) is 16.9 Å². The minimum Gasteiger partial charge on any atom is -0.493 e. The Balaban J connectivity index is 0.00000228. The summed E-state index contributed by atoms with van der Waals surface area (Å²) in [4.78, 5) is 15.6. The number of carbonyl (C=O) groups is 1. The van der Waals surface area contributed by atoms with E-state index in [0.717, 1.165) is 47.3 Å². The maximum Gasteiger partial charge on any atom is 0.258 e. The van der Waals surface area contributed by atoms with Crippen molar-refractivity contribution in [3.05, 3.63) is 78.4 Å². The van der Waals surface area contributed by atoms with Crippen molar-refractivity contribution in [2.75, 3.05) is 29.1 Å². The van der Waals surface area contributed by atoms with Gasteiger partial charge in [-0.05, 0) is 73.4 Å². The Bertz CT molecular complexity index is 1200. The van der Waals surface area contributed by atoms with Gasteiger partial charge in [0.2, 0.25) is 0 Å². The van der Waals surface area contributed by atoms with Gasteiger partial charge in [-0.25, -0.2) is 0 Å². The summed E-state index contributed by atoms with van der Waals surface area (Å²) in [5.41, 5.74) is 12.0. The van der Waals surface area contributed by atoms with Crippen molar-refractivity contribution in [1.29, 1.82) is 0 Å². The van der Waals surface area contributed by atoms with Crippen LogP contribution in [0.1, 0.15) is 51.9 Å². The lowest BCUT2D eigenvalue weighted by Crippen LogP contribution is -2.32. The number of nitrogen functional groups attached to an aromatic ring is 1. The summed E-state index contributed by atoms with van der Waals surface area (Å²) >= 11 is 0. The van der Waals surface area contributed by atoms with E-state index in [4.69, 9.17) is 10.5 Å². The van der Waals surface area contributed by atoms with E-state index in [1.54, 1.807) is 6.08 Å². The van der Waals surface area contributed by atoms with E-state index in [1.165, 1.54) is 0 Å². The number of hydrogen-bond donors (Lipinski definition) is 2. The third-order valence-corrected chi connectivity index (χ3v) is 6.23. The minimum absolute atomic E-state index is 0. The van der Waals surface area contributed by atoms with Crippen molar-refractivity contribution < 1.29 is 12.4 Å². The number of nitrogens with one attached hydrogen (secondary N) is 1. The first kappa shape index (κ1) is 23.4. The number of ether oxygens (including phenoxy) is 1. The Morgan fingerprint density at radius 2 is 2.06 bits per heavy atom. The fourth-order valence-electron chi connectivity index (χ4n) is 4.24. The van der Waals surface area contributed by atoms with Crippen LogP contribution in [0.2, 0.25) is 0 Å². The molecule has 1 heterocycles. The van der Waals surface area contributed by atoms with Crippen LogP contribution in [-0.4, -0.2) is 25.1 Å². The molecular weight excluding hydrogens is 422 g/mol. The van der Waals surface area contributed by atoms with Crippen molar-refractivity contribution in [1.82, 2.24) is 0 Å². The molecule has 0 aliphatic carbocycles. The van der Waals surface area contributed by atoms with Crippen molar-refractivity contribution in [3.63, 3.8) is 0 Å². The molecule has 0 unspecified atom stereocenters. The van der Waals surface area contributed by atoms with Crippen LogP contribution in [0, 0.1) is 0 Å². The first-order valence-electron chi connectivity index (χ1n) is 12.0. The first-order valence-corrected chi connectivity index (χ1v) is 12.0. The fraction of sp³-hybridized carbons (Fsp3) is 0.276. The third kappa shape index (κ3) is 4.93. The summed E-state index contributed by atoms with van der Waals surface area (Å²) in [7, 11) is 0. The van der Waals surface area contributed by atoms with E-state index in [0.29, 0.717) is 36.2 Å². The van der Waals surface area contributed by atoms with Crippen LogP contribution < -0.4 is 20.7 Å². The standard InChI is InChI=1S/C29H33N3O2.2H2/c1-4-6-17-34-28-19-23(11-13-24(28)22-12-14-25(30)21(5-2)18-22)29(33)32-16-15-20(3)31-26-9-7-8-10-27(26)32;;/h5,7-14,18-20,31H,2,4,6,15-17,30H2,1,3H3;2*1H/t20-;;/m0../s1. The molecule has 3 aromatic carbocycles. The molecule has 1 atom stereocenters. The molecular formula is C29H37N3O2. The zero-order chi connectivity index (χ0) is 24.1. The summed E-state index contributed by atoms with van der Waals surface area (Å²) in [6.45, 7) is 9.38. The molecule has 0 spiro atoms. The Morgan fingerprint density at radius 3 is 2.85 bits per heavy atom. The molecule has 0 bridgehead atoms. The zero-order valence-electron chi connectivity index (χ0n) is 20.0. The molecule has 0 saturated heterocycles. The summed E-state index contributed by atoms with van der Waals surface area (Å²) in [6, 6.07) is 19.9. The number of nitrogens with zero attached hydrogens (tertiary/aromatic N) is 1. The molecule has 1 aliphatic rings. The van der Waals surface area contributed by atoms with Crippen LogP contribution in [0.3, 0.4) is 0 Å². The van der Waals surface area contributed by atoms with Crippen LogP contribution >= 0.6 is 0 Å². The first-order chi connectivity index (χ1) is 16.5. The van der Waals surface area contributed by atoms with Gasteiger partial charge in [-0.1, -0.05) is 44.2 Å². The predicted molar refractivity (Wildman–Crippen MR) is 147 cm³/mol. The average molecular weight is 460 g/mol. The number of carbonyl (C=O) groups excluding carboxylic acids is 1. The Labute approximate surface area is 205 Å². The van der Waals surface area contributed by atoms with Gasteiger partial charge in [0.25, 0.3) is 5.91 Å². The molecule has 3 N–H and O–H groups in total. The number of fused-ring (bicyclic) bond motifs is 1. The highest BCUT2D eigenvalue weighted by molar-refractivity contribution is 6.08. The van der Waals surface area contributed by atoms with Crippen molar-refractivity contribution in [2.45, 2.75) is 39.2 Å². The lowest BCUT2D eigenvalue weighted by molar-refractivity contribution is 0.0986. The number of anilines is 3. The van der Waals surface area contributed by atoms with Crippen LogP contribution in [0.25, 0.3) is 17.2 Å². The largest absolute Gasteiger partial charge is 0.493 e. The number of benzene rings is 3. The Hall–Kier alpha value is -3.73. The number of para-hydroxylation sites is 2. The predicted octanol–water partition coefficient (Wildman–Crippen LogP) is 7.10. The highest BCUT2D eigenvalue weighted by atomic mass is 16.5. The maximum absolute atomic E-state index is 13.7. The molecule has 1 aliphatic heterocycles. The molecule has 4 rings (SSSR count). The average Bonchev–Trinajstić information content (AvgIpc) is 3.02. The smallest absolute Gasteiger partial charge is 0.258 e. The van der Waals surface area contributed by atoms with Crippen LogP contribution in [0.5, 0.6) is 5.75 Å². The molecule has 0 saturated carbocycles. The molecule has 34 heavy (non-hydrogen) atoms. The van der Waals surface area contributed by atoms with E-state index in [-0.39, 0.29) is 8.76 Å². The second-order valence-electron chi connectivity index (χ2n) is 8.77. The number of hydrogen-bond acceptors (Lipinski definition) is 4. The van der Waals surface area contributed by atoms with E-state index in [2.05, 4.69) is 25.7 Å². The monoisotopic (exact) mass is 459 g/mol. The Kier molecular flexibility index (Phi) is 7.21. The molecule has 180 valence electrons. The second kappa shape index (κ2) is 10.5. The molecule has 5 heteroatoms. The van der Waals surface area contributed by atoms with Gasteiger partial charge in [-0.3, -0.25) is 4.79 Å². The van der Waals surface area contributed by atoms with Crippen molar-refractivity contribution in [2.24, 2.45) is 0 Å². The van der Waals surface area contributed by atoms with Crippen LogP contribution in [0.4, 0.5) is 17.1 Å². The van der Waals surface area contributed by atoms with Gasteiger partial charge in [0, 0.05) is 32.3 Å². The third-order valence-electron chi connectivity index (χ3n) is 6.23. The summed E-state index contributed by atoms with van der Waals surface area (Å²) in [6.07, 6.45) is 4.60. The lowest BCUT2D eigenvalue weighted by atomic mass is 9.99. The molecule has 0 aromatic heterocycles. The number of unbranched alkanes of at least 4 members (excludes halogenated alkanes) is 1. The van der Waals surface area contributed by atoms with Crippen LogP contribution in [0.15, 0.2) is 67.2 Å². The van der Waals surface area contributed by atoms with Crippen molar-refractivity contribution >= 4 is 29.0 Å². The van der Waals surface area contributed by atoms with Gasteiger partial charge in [0.05, 0.1) is 18.0 Å². The topological polar surface area (TPSA) is 67.6 Å². The molecule has 3 aromatic rings. The number of amides is 1. The van der Waals surface area contributed by atoms with E-state index < -0.39 is 0 Å². The van der Waals surface area contributed by atoms with Gasteiger partial charge in [0.1, 0.15) is 5.75 Å². The highest BCUT2D eigenvalue weighted by Gasteiger charge is 2.25. The van der Waals surface area contributed by atoms with Gasteiger partial charge in [-0.15, -0.1) is 0 Å². The molecule has 5 nitrogen and oxygen atoms in total. The van der Waals surface area contributed by atoms with Gasteiger partial charge in [0.15, 0.2) is 0 Å². The fourth-order valence-corrected chi connectivity index (χ4v) is 4.24. The number of rotatable bonds is 7. The summed E-state index contributed by atoms with van der Waals surface area (Å²) < 4.78 is 6.18. The van der Waals surface area contributed by atoms with E-state index >= 15 is 0 Å². The lowest BCUT2D eigenvalue weighted by Gasteiger charge is -2.23. The number of nitrogens with two attached hydrogens (primary N) is 1. The maximum atomic E-state index is 13.7. The zero-order valence-corrected chi connectivity index (χ0v) is 20.0. The quantitative estimate of drug-likeness (QED) is 0.292. The summed E-state index contributed by atoms with van der Waals surface area (Å²) in [5.74, 6) is 0.674. The minimum atomic E-state index is -0.0284. The molecule has 0 radical (unpaired) electrons. The molecule has 1 amide bonds. The normalized spacial score (nSPS) is 15.1. The SMILES string of the molecule is C=Cc1cc(-c2ccc(C(=O)N3CC[C@H](C)Nc4ccccc43)cc2OCCCC)ccc1N.[HH].[HH]. The van der Waals surface area contributed by atoms with Crippen LogP contribution in [-0.2, 0) is 0 Å². The van der Waals surface area contributed by atoms with Gasteiger partial charge in [-0.2, -0.15) is 0 Å². The van der Waals surface area contributed by atoms with Gasteiger partial charge < -0.3 is 20.7 Å².